The smallest absolute Gasteiger partial charge is 0.306 e. The predicted octanol–water partition coefficient (Wildman–Crippen LogP) is 1.73. The first kappa shape index (κ1) is 15.9. The van der Waals surface area contributed by atoms with E-state index in [1.165, 1.54) is 0 Å². The number of halogens is 1. The van der Waals surface area contributed by atoms with Crippen LogP contribution in [0.4, 0.5) is 0 Å². The number of nitrogens with zero attached hydrogens (tertiary/aromatic N) is 1. The number of ether oxygens (including phenoxy) is 1. The molecule has 106 valence electrons. The molecule has 0 heterocycles. The van der Waals surface area contributed by atoms with Gasteiger partial charge in [-0.05, 0) is 40.7 Å². The third kappa shape index (κ3) is 5.59. The van der Waals surface area contributed by atoms with Gasteiger partial charge in [-0.3, -0.25) is 9.69 Å². The molecule has 0 aromatic heterocycles. The molecule has 19 heavy (non-hydrogen) atoms. The Morgan fingerprint density at radius 1 is 1.53 bits per heavy atom. The van der Waals surface area contributed by atoms with Crippen LogP contribution in [0, 0.1) is 0 Å². The van der Waals surface area contributed by atoms with Gasteiger partial charge < -0.3 is 14.9 Å². The summed E-state index contributed by atoms with van der Waals surface area (Å²) in [7, 11) is 3.44. The van der Waals surface area contributed by atoms with Gasteiger partial charge >= 0.3 is 5.97 Å². The fraction of sp³-hybridized carbons (Fsp3) is 0.462. The highest BCUT2D eigenvalue weighted by molar-refractivity contribution is 9.10. The SMILES string of the molecule is COc1ccc(CN(C)CC(O)CC(=O)O)cc1Br. The minimum atomic E-state index is -0.993. The van der Waals surface area contributed by atoms with E-state index in [-0.39, 0.29) is 6.42 Å². The monoisotopic (exact) mass is 331 g/mol. The van der Waals surface area contributed by atoms with E-state index >= 15 is 0 Å². The number of hydrogen-bond acceptors (Lipinski definition) is 4. The number of aliphatic hydroxyl groups excluding tert-OH is 1. The molecule has 1 aromatic rings. The third-order valence-corrected chi connectivity index (χ3v) is 3.22. The molecular formula is C13H18BrNO4. The normalized spacial score (nSPS) is 12.5. The molecule has 0 aliphatic heterocycles. The third-order valence-electron chi connectivity index (χ3n) is 2.60. The number of hydrogen-bond donors (Lipinski definition) is 2. The molecule has 0 bridgehead atoms. The Morgan fingerprint density at radius 2 is 2.21 bits per heavy atom. The fourth-order valence-corrected chi connectivity index (χ4v) is 2.40. The van der Waals surface area contributed by atoms with E-state index in [0.29, 0.717) is 13.1 Å². The van der Waals surface area contributed by atoms with Gasteiger partial charge in [0.05, 0.1) is 24.1 Å². The summed E-state index contributed by atoms with van der Waals surface area (Å²) < 4.78 is 6.02. The number of aliphatic carboxylic acids is 1. The molecule has 0 radical (unpaired) electrons. The maximum absolute atomic E-state index is 10.5. The van der Waals surface area contributed by atoms with Crippen LogP contribution in [0.25, 0.3) is 0 Å². The van der Waals surface area contributed by atoms with Crippen molar-refractivity contribution in [2.45, 2.75) is 19.1 Å². The van der Waals surface area contributed by atoms with E-state index in [0.717, 1.165) is 15.8 Å². The summed E-state index contributed by atoms with van der Waals surface area (Å²) in [5.74, 6) is -0.231. The topological polar surface area (TPSA) is 70.0 Å². The van der Waals surface area contributed by atoms with E-state index < -0.39 is 12.1 Å². The van der Waals surface area contributed by atoms with Gasteiger partial charge in [-0.25, -0.2) is 0 Å². The van der Waals surface area contributed by atoms with Gasteiger partial charge in [0, 0.05) is 13.1 Å². The average Bonchev–Trinajstić information content (AvgIpc) is 2.27. The Hall–Kier alpha value is -1.11. The lowest BCUT2D eigenvalue weighted by Gasteiger charge is -2.20. The summed E-state index contributed by atoms with van der Waals surface area (Å²) in [6.45, 7) is 0.940. The van der Waals surface area contributed by atoms with Crippen molar-refractivity contribution >= 4 is 21.9 Å². The standard InChI is InChI=1S/C13H18BrNO4/c1-15(8-10(16)6-13(17)18)7-9-3-4-12(19-2)11(14)5-9/h3-5,10,16H,6-8H2,1-2H3,(H,17,18). The van der Waals surface area contributed by atoms with Crippen LogP contribution in [-0.2, 0) is 11.3 Å². The largest absolute Gasteiger partial charge is 0.496 e. The van der Waals surface area contributed by atoms with Crippen LogP contribution in [0.5, 0.6) is 5.75 Å². The van der Waals surface area contributed by atoms with Gasteiger partial charge in [0.1, 0.15) is 5.75 Å². The molecule has 0 saturated heterocycles. The Balaban J connectivity index is 2.54. The zero-order valence-corrected chi connectivity index (χ0v) is 12.6. The Kier molecular flexibility index (Phi) is 6.27. The number of rotatable bonds is 7. The van der Waals surface area contributed by atoms with Crippen molar-refractivity contribution in [2.24, 2.45) is 0 Å². The molecule has 1 unspecified atom stereocenters. The number of carboxylic acid groups (broad SMARTS) is 1. The number of carbonyl (C=O) groups is 1. The summed E-state index contributed by atoms with van der Waals surface area (Å²) in [6, 6.07) is 5.74. The molecule has 6 heteroatoms. The number of benzene rings is 1. The van der Waals surface area contributed by atoms with Crippen LogP contribution >= 0.6 is 15.9 Å². The van der Waals surface area contributed by atoms with Crippen molar-refractivity contribution in [2.75, 3.05) is 20.7 Å². The first-order valence-corrected chi connectivity index (χ1v) is 6.62. The van der Waals surface area contributed by atoms with Gasteiger partial charge in [-0.15, -0.1) is 0 Å². The van der Waals surface area contributed by atoms with E-state index in [1.54, 1.807) is 7.11 Å². The lowest BCUT2D eigenvalue weighted by molar-refractivity contribution is -0.139. The molecule has 0 aliphatic rings. The maximum Gasteiger partial charge on any atom is 0.306 e. The van der Waals surface area contributed by atoms with Crippen molar-refractivity contribution in [3.63, 3.8) is 0 Å². The quantitative estimate of drug-likeness (QED) is 0.796. The summed E-state index contributed by atoms with van der Waals surface area (Å²) in [5.41, 5.74) is 1.05. The summed E-state index contributed by atoms with van der Waals surface area (Å²) in [6.07, 6.45) is -1.10. The molecule has 1 aromatic carbocycles. The molecule has 1 atom stereocenters. The Labute approximate surface area is 120 Å². The zero-order chi connectivity index (χ0) is 14.4. The van der Waals surface area contributed by atoms with Gasteiger partial charge in [0.25, 0.3) is 0 Å². The lowest BCUT2D eigenvalue weighted by Crippen LogP contribution is -2.30. The molecule has 5 nitrogen and oxygen atoms in total. The van der Waals surface area contributed by atoms with E-state index in [9.17, 15) is 9.90 Å². The van der Waals surface area contributed by atoms with Crippen molar-refractivity contribution in [3.8, 4) is 5.75 Å². The summed E-state index contributed by atoms with van der Waals surface area (Å²) in [5, 5.41) is 18.1. The highest BCUT2D eigenvalue weighted by Crippen LogP contribution is 2.25. The van der Waals surface area contributed by atoms with Crippen LogP contribution < -0.4 is 4.74 Å². The minimum Gasteiger partial charge on any atom is -0.496 e. The van der Waals surface area contributed by atoms with Gasteiger partial charge in [0.15, 0.2) is 0 Å². The zero-order valence-electron chi connectivity index (χ0n) is 11.0. The van der Waals surface area contributed by atoms with Gasteiger partial charge in [-0.2, -0.15) is 0 Å². The number of likely N-dealkylation sites (N-methyl/N-ethyl adjacent to an activating group) is 1. The first-order valence-electron chi connectivity index (χ1n) is 5.83. The molecule has 0 amide bonds. The summed E-state index contributed by atoms with van der Waals surface area (Å²) >= 11 is 3.41. The number of aliphatic hydroxyl groups is 1. The van der Waals surface area contributed by atoms with Crippen LogP contribution in [0.2, 0.25) is 0 Å². The van der Waals surface area contributed by atoms with Crippen LogP contribution in [0.1, 0.15) is 12.0 Å². The minimum absolute atomic E-state index is 0.239. The van der Waals surface area contributed by atoms with Gasteiger partial charge in [-0.1, -0.05) is 6.07 Å². The van der Waals surface area contributed by atoms with Crippen molar-refractivity contribution in [1.82, 2.24) is 4.90 Å². The highest BCUT2D eigenvalue weighted by Gasteiger charge is 2.12. The molecule has 1 rings (SSSR count). The number of carboxylic acids is 1. The molecule has 0 aliphatic carbocycles. The molecule has 2 N–H and O–H groups in total. The van der Waals surface area contributed by atoms with E-state index in [1.807, 2.05) is 30.1 Å². The van der Waals surface area contributed by atoms with Gasteiger partial charge in [0.2, 0.25) is 0 Å². The summed E-state index contributed by atoms with van der Waals surface area (Å²) in [4.78, 5) is 12.3. The Morgan fingerprint density at radius 3 is 2.74 bits per heavy atom. The second-order valence-corrected chi connectivity index (χ2v) is 5.27. The van der Waals surface area contributed by atoms with Crippen molar-refractivity contribution in [1.29, 1.82) is 0 Å². The lowest BCUT2D eigenvalue weighted by atomic mass is 10.2. The van der Waals surface area contributed by atoms with Crippen molar-refractivity contribution in [3.05, 3.63) is 28.2 Å². The van der Waals surface area contributed by atoms with Crippen LogP contribution in [0.15, 0.2) is 22.7 Å². The second-order valence-electron chi connectivity index (χ2n) is 4.42. The first-order chi connectivity index (χ1) is 8.92. The highest BCUT2D eigenvalue weighted by atomic mass is 79.9. The van der Waals surface area contributed by atoms with E-state index in [4.69, 9.17) is 9.84 Å². The van der Waals surface area contributed by atoms with E-state index in [2.05, 4.69) is 15.9 Å². The second kappa shape index (κ2) is 7.47. The molecular weight excluding hydrogens is 314 g/mol. The molecule has 0 fully saturated rings. The van der Waals surface area contributed by atoms with Crippen LogP contribution in [-0.4, -0.2) is 47.9 Å². The fourth-order valence-electron chi connectivity index (χ4n) is 1.81. The molecule has 0 spiro atoms. The Bertz CT molecular complexity index is 439. The number of methoxy groups -OCH3 is 1. The van der Waals surface area contributed by atoms with Crippen molar-refractivity contribution < 1.29 is 19.7 Å². The maximum atomic E-state index is 10.5. The predicted molar refractivity (Wildman–Crippen MR) is 75.3 cm³/mol. The average molecular weight is 332 g/mol. The molecule has 0 saturated carbocycles. The van der Waals surface area contributed by atoms with Crippen LogP contribution in [0.3, 0.4) is 0 Å².